The Hall–Kier alpha value is -2.83. The topological polar surface area (TPSA) is 70.6 Å². The van der Waals surface area contributed by atoms with E-state index < -0.39 is 0 Å². The van der Waals surface area contributed by atoms with Crippen molar-refractivity contribution in [1.29, 1.82) is 0 Å². The van der Waals surface area contributed by atoms with Gasteiger partial charge in [0, 0.05) is 57.2 Å². The number of ether oxygens (including phenoxy) is 1. The quantitative estimate of drug-likeness (QED) is 0.808. The molecule has 1 aromatic heterocycles. The molecule has 1 amide bonds. The predicted molar refractivity (Wildman–Crippen MR) is 106 cm³/mol. The molecule has 7 nitrogen and oxygen atoms in total. The van der Waals surface area contributed by atoms with Crippen molar-refractivity contribution in [2.75, 3.05) is 42.9 Å². The number of hydrogen-bond donors (Lipinski definition) is 1. The molecule has 2 aromatic rings. The van der Waals surface area contributed by atoms with Crippen LogP contribution in [0.25, 0.3) is 0 Å². The van der Waals surface area contributed by atoms with Crippen LogP contribution in [-0.2, 0) is 4.79 Å². The third kappa shape index (κ3) is 5.57. The average Bonchev–Trinajstić information content (AvgIpc) is 2.69. The van der Waals surface area contributed by atoms with Gasteiger partial charge < -0.3 is 19.9 Å². The van der Waals surface area contributed by atoms with Crippen LogP contribution < -0.4 is 15.0 Å². The van der Waals surface area contributed by atoms with E-state index >= 15 is 0 Å². The second-order valence-corrected chi connectivity index (χ2v) is 6.78. The van der Waals surface area contributed by atoms with Gasteiger partial charge >= 0.3 is 0 Å². The first-order valence-corrected chi connectivity index (χ1v) is 9.42. The maximum absolute atomic E-state index is 12.4. The molecule has 144 valence electrons. The fourth-order valence-corrected chi connectivity index (χ4v) is 3.01. The van der Waals surface area contributed by atoms with Crippen molar-refractivity contribution in [2.45, 2.75) is 26.4 Å². The van der Waals surface area contributed by atoms with Crippen molar-refractivity contribution < 1.29 is 9.53 Å². The summed E-state index contributed by atoms with van der Waals surface area (Å²) in [4.78, 5) is 25.0. The van der Waals surface area contributed by atoms with E-state index in [-0.39, 0.29) is 12.0 Å². The zero-order valence-electron chi connectivity index (χ0n) is 16.0. The molecule has 0 spiro atoms. The number of rotatable bonds is 7. The number of nitrogens with one attached hydrogen (secondary N) is 1. The number of benzene rings is 1. The number of aromatic nitrogens is 2. The number of anilines is 2. The normalized spacial score (nSPS) is 14.3. The predicted octanol–water partition coefficient (Wildman–Crippen LogP) is 2.41. The Morgan fingerprint density at radius 2 is 1.78 bits per heavy atom. The highest BCUT2D eigenvalue weighted by Gasteiger charge is 2.21. The van der Waals surface area contributed by atoms with Gasteiger partial charge in [0.25, 0.3) is 0 Å². The van der Waals surface area contributed by atoms with Crippen LogP contribution in [0.2, 0.25) is 0 Å². The summed E-state index contributed by atoms with van der Waals surface area (Å²) in [5.41, 5.74) is 0.991. The van der Waals surface area contributed by atoms with E-state index in [0.29, 0.717) is 26.1 Å². The van der Waals surface area contributed by atoms with E-state index in [9.17, 15) is 4.79 Å². The lowest BCUT2D eigenvalue weighted by atomic mass is 10.2. The van der Waals surface area contributed by atoms with Crippen LogP contribution >= 0.6 is 0 Å². The van der Waals surface area contributed by atoms with Gasteiger partial charge in [0.15, 0.2) is 0 Å². The van der Waals surface area contributed by atoms with Crippen molar-refractivity contribution in [3.05, 3.63) is 42.7 Å². The fourth-order valence-electron chi connectivity index (χ4n) is 3.01. The third-order valence-corrected chi connectivity index (χ3v) is 4.36. The molecular formula is C20H27N5O2. The molecule has 0 aliphatic carbocycles. The van der Waals surface area contributed by atoms with Crippen molar-refractivity contribution in [3.8, 4) is 5.75 Å². The van der Waals surface area contributed by atoms with Crippen LogP contribution in [0.4, 0.5) is 11.6 Å². The molecule has 1 saturated heterocycles. The molecular weight excluding hydrogens is 342 g/mol. The van der Waals surface area contributed by atoms with Crippen LogP contribution in [0, 0.1) is 0 Å². The van der Waals surface area contributed by atoms with Crippen molar-refractivity contribution in [3.63, 3.8) is 0 Å². The van der Waals surface area contributed by atoms with E-state index in [2.05, 4.69) is 20.2 Å². The molecule has 27 heavy (non-hydrogen) atoms. The van der Waals surface area contributed by atoms with Crippen LogP contribution in [-0.4, -0.2) is 59.6 Å². The highest BCUT2D eigenvalue weighted by atomic mass is 16.5. The minimum Gasteiger partial charge on any atom is -0.491 e. The molecule has 2 heterocycles. The van der Waals surface area contributed by atoms with E-state index in [1.807, 2.05) is 43.0 Å². The summed E-state index contributed by atoms with van der Waals surface area (Å²) in [5.74, 6) is 1.76. The molecule has 0 saturated carbocycles. The van der Waals surface area contributed by atoms with E-state index in [1.54, 1.807) is 18.5 Å². The Morgan fingerprint density at radius 3 is 2.41 bits per heavy atom. The first-order valence-electron chi connectivity index (χ1n) is 9.42. The minimum atomic E-state index is 0.162. The zero-order chi connectivity index (χ0) is 19.1. The SMILES string of the molecule is CC(C)Oc1ccc(NCCC(=O)N2CCN(c3ncccn3)CC2)cc1. The van der Waals surface area contributed by atoms with Gasteiger partial charge in [-0.15, -0.1) is 0 Å². The lowest BCUT2D eigenvalue weighted by Crippen LogP contribution is -2.49. The summed E-state index contributed by atoms with van der Waals surface area (Å²) in [5, 5.41) is 3.30. The molecule has 0 atom stereocenters. The van der Waals surface area contributed by atoms with Gasteiger partial charge in [-0.1, -0.05) is 0 Å². The Morgan fingerprint density at radius 1 is 1.11 bits per heavy atom. The first-order chi connectivity index (χ1) is 13.1. The van der Waals surface area contributed by atoms with Crippen molar-refractivity contribution >= 4 is 17.5 Å². The Labute approximate surface area is 160 Å². The van der Waals surface area contributed by atoms with Crippen LogP contribution in [0.1, 0.15) is 20.3 Å². The van der Waals surface area contributed by atoms with Gasteiger partial charge in [-0.2, -0.15) is 0 Å². The number of amides is 1. The summed E-state index contributed by atoms with van der Waals surface area (Å²) in [7, 11) is 0. The van der Waals surface area contributed by atoms with E-state index in [0.717, 1.165) is 30.5 Å². The average molecular weight is 369 g/mol. The van der Waals surface area contributed by atoms with Gasteiger partial charge in [-0.25, -0.2) is 9.97 Å². The summed E-state index contributed by atoms with van der Waals surface area (Å²) in [6, 6.07) is 9.63. The second kappa shape index (κ2) is 9.21. The van der Waals surface area contributed by atoms with E-state index in [1.165, 1.54) is 0 Å². The molecule has 1 aliphatic rings. The first kappa shape index (κ1) is 18.9. The molecule has 7 heteroatoms. The third-order valence-electron chi connectivity index (χ3n) is 4.36. The van der Waals surface area contributed by atoms with Crippen LogP contribution in [0.5, 0.6) is 5.75 Å². The summed E-state index contributed by atoms with van der Waals surface area (Å²) in [6.45, 7) is 7.57. The lowest BCUT2D eigenvalue weighted by Gasteiger charge is -2.34. The Kier molecular flexibility index (Phi) is 6.46. The summed E-state index contributed by atoms with van der Waals surface area (Å²) < 4.78 is 5.63. The fraction of sp³-hybridized carbons (Fsp3) is 0.450. The molecule has 0 radical (unpaired) electrons. The monoisotopic (exact) mass is 369 g/mol. The van der Waals surface area contributed by atoms with Gasteiger partial charge in [0.05, 0.1) is 6.10 Å². The number of hydrogen-bond acceptors (Lipinski definition) is 6. The highest BCUT2D eigenvalue weighted by Crippen LogP contribution is 2.17. The van der Waals surface area contributed by atoms with Crippen molar-refractivity contribution in [2.24, 2.45) is 0 Å². The largest absolute Gasteiger partial charge is 0.491 e. The molecule has 1 N–H and O–H groups in total. The van der Waals surface area contributed by atoms with E-state index in [4.69, 9.17) is 4.74 Å². The smallest absolute Gasteiger partial charge is 0.225 e. The lowest BCUT2D eigenvalue weighted by molar-refractivity contribution is -0.131. The number of piperazine rings is 1. The molecule has 0 unspecified atom stereocenters. The molecule has 1 aromatic carbocycles. The molecule has 3 rings (SSSR count). The maximum Gasteiger partial charge on any atom is 0.225 e. The van der Waals surface area contributed by atoms with Gasteiger partial charge in [0.1, 0.15) is 5.75 Å². The van der Waals surface area contributed by atoms with Gasteiger partial charge in [0.2, 0.25) is 11.9 Å². The molecule has 0 bridgehead atoms. The minimum absolute atomic E-state index is 0.162. The standard InChI is InChI=1S/C20H27N5O2/c1-16(2)27-18-6-4-17(5-7-18)21-11-8-19(26)24-12-14-25(15-13-24)20-22-9-3-10-23-20/h3-7,9-10,16,21H,8,11-15H2,1-2H3. The van der Waals surface area contributed by atoms with Crippen LogP contribution in [0.3, 0.4) is 0 Å². The maximum atomic E-state index is 12.4. The summed E-state index contributed by atoms with van der Waals surface area (Å²) >= 11 is 0. The number of carbonyl (C=O) groups is 1. The van der Waals surface area contributed by atoms with Crippen LogP contribution in [0.15, 0.2) is 42.7 Å². The second-order valence-electron chi connectivity index (χ2n) is 6.78. The molecule has 1 aliphatic heterocycles. The van der Waals surface area contributed by atoms with Gasteiger partial charge in [-0.3, -0.25) is 4.79 Å². The van der Waals surface area contributed by atoms with Gasteiger partial charge in [-0.05, 0) is 44.2 Å². The summed E-state index contributed by atoms with van der Waals surface area (Å²) in [6.07, 6.45) is 4.13. The number of nitrogens with zero attached hydrogens (tertiary/aromatic N) is 4. The Balaban J connectivity index is 1.39. The Bertz CT molecular complexity index is 713. The van der Waals surface area contributed by atoms with Crippen molar-refractivity contribution in [1.82, 2.24) is 14.9 Å². The number of carbonyl (C=O) groups excluding carboxylic acids is 1. The molecule has 1 fully saturated rings. The zero-order valence-corrected chi connectivity index (χ0v) is 16.0. The highest BCUT2D eigenvalue weighted by molar-refractivity contribution is 5.77.